The van der Waals surface area contributed by atoms with Crippen LogP contribution in [0.2, 0.25) is 0 Å². The lowest BCUT2D eigenvalue weighted by molar-refractivity contribution is -0.00523. The molecule has 1 aromatic carbocycles. The number of hydrogen-bond donors (Lipinski definition) is 2. The maximum absolute atomic E-state index is 14.5. The number of benzene rings is 1. The van der Waals surface area contributed by atoms with Crippen LogP contribution in [0.1, 0.15) is 39.5 Å². The van der Waals surface area contributed by atoms with Gasteiger partial charge in [-0.25, -0.2) is 4.39 Å². The van der Waals surface area contributed by atoms with E-state index in [1.54, 1.807) is 6.07 Å². The van der Waals surface area contributed by atoms with E-state index in [1.807, 2.05) is 12.1 Å². The largest absolute Gasteiger partial charge is 0.382 e. The molecule has 0 aromatic heterocycles. The first kappa shape index (κ1) is 17.5. The molecular formula is C19H30FN3O. The summed E-state index contributed by atoms with van der Waals surface area (Å²) in [4.78, 5) is 2.20. The Morgan fingerprint density at radius 3 is 2.46 bits per heavy atom. The van der Waals surface area contributed by atoms with Crippen molar-refractivity contribution in [3.63, 3.8) is 0 Å². The van der Waals surface area contributed by atoms with Gasteiger partial charge >= 0.3 is 0 Å². The molecule has 24 heavy (non-hydrogen) atoms. The van der Waals surface area contributed by atoms with E-state index < -0.39 is 0 Å². The normalized spacial score (nSPS) is 31.1. The van der Waals surface area contributed by atoms with Gasteiger partial charge in [-0.15, -0.1) is 0 Å². The molecule has 4 nitrogen and oxygen atoms in total. The zero-order valence-corrected chi connectivity index (χ0v) is 14.8. The molecule has 2 aliphatic rings. The Balaban J connectivity index is 1.58. The van der Waals surface area contributed by atoms with Gasteiger partial charge in [0, 0.05) is 31.4 Å². The third-order valence-electron chi connectivity index (χ3n) is 5.21. The van der Waals surface area contributed by atoms with E-state index in [0.29, 0.717) is 17.6 Å². The van der Waals surface area contributed by atoms with Crippen LogP contribution in [0.15, 0.2) is 18.2 Å². The number of hydrogen-bond acceptors (Lipinski definition) is 4. The second kappa shape index (κ2) is 7.70. The van der Waals surface area contributed by atoms with Crippen LogP contribution in [0.5, 0.6) is 0 Å². The summed E-state index contributed by atoms with van der Waals surface area (Å²) in [7, 11) is 0. The van der Waals surface area contributed by atoms with Crippen LogP contribution < -0.4 is 16.0 Å². The quantitative estimate of drug-likeness (QED) is 0.886. The molecule has 1 aliphatic carbocycles. The van der Waals surface area contributed by atoms with Gasteiger partial charge in [-0.3, -0.25) is 0 Å². The highest BCUT2D eigenvalue weighted by atomic mass is 19.1. The summed E-state index contributed by atoms with van der Waals surface area (Å²) in [6, 6.07) is 5.87. The fraction of sp³-hybridized carbons (Fsp3) is 0.684. The van der Waals surface area contributed by atoms with Gasteiger partial charge in [0.25, 0.3) is 0 Å². The van der Waals surface area contributed by atoms with E-state index >= 15 is 0 Å². The summed E-state index contributed by atoms with van der Waals surface area (Å²) >= 11 is 0. The molecule has 0 amide bonds. The van der Waals surface area contributed by atoms with Gasteiger partial charge in [0.05, 0.1) is 17.9 Å². The number of ether oxygens (including phenoxy) is 1. The highest BCUT2D eigenvalue weighted by Gasteiger charge is 2.23. The zero-order valence-electron chi connectivity index (χ0n) is 14.8. The SMILES string of the molecule is C[C@@H]1CN(c2ccc(NCC3CCC(N)CC3)c(F)c2)C[C@H](C)O1. The van der Waals surface area contributed by atoms with Gasteiger partial charge in [-0.2, -0.15) is 0 Å². The molecule has 2 atom stereocenters. The number of morpholine rings is 1. The first-order valence-electron chi connectivity index (χ1n) is 9.20. The molecule has 1 aliphatic heterocycles. The molecule has 1 saturated carbocycles. The van der Waals surface area contributed by atoms with Crippen LogP contribution in [0.3, 0.4) is 0 Å². The fourth-order valence-electron chi connectivity index (χ4n) is 3.88. The average molecular weight is 335 g/mol. The molecule has 0 unspecified atom stereocenters. The van der Waals surface area contributed by atoms with Crippen LogP contribution in [-0.4, -0.2) is 37.9 Å². The Hall–Kier alpha value is -1.33. The number of anilines is 2. The molecule has 3 N–H and O–H groups in total. The molecule has 0 spiro atoms. The Morgan fingerprint density at radius 2 is 1.83 bits per heavy atom. The van der Waals surface area contributed by atoms with Crippen molar-refractivity contribution in [3.05, 3.63) is 24.0 Å². The summed E-state index contributed by atoms with van der Waals surface area (Å²) in [6.45, 7) is 6.56. The Kier molecular flexibility index (Phi) is 5.61. The smallest absolute Gasteiger partial charge is 0.148 e. The fourth-order valence-corrected chi connectivity index (χ4v) is 3.88. The predicted molar refractivity (Wildman–Crippen MR) is 97.0 cm³/mol. The minimum Gasteiger partial charge on any atom is -0.382 e. The number of nitrogens with zero attached hydrogens (tertiary/aromatic N) is 1. The summed E-state index contributed by atoms with van der Waals surface area (Å²) in [6.07, 6.45) is 4.79. The van der Waals surface area contributed by atoms with Crippen LogP contribution >= 0.6 is 0 Å². The van der Waals surface area contributed by atoms with Gasteiger partial charge in [0.1, 0.15) is 5.82 Å². The van der Waals surface area contributed by atoms with Crippen molar-refractivity contribution >= 4 is 11.4 Å². The third-order valence-corrected chi connectivity index (χ3v) is 5.21. The molecule has 0 radical (unpaired) electrons. The second-order valence-electron chi connectivity index (χ2n) is 7.49. The van der Waals surface area contributed by atoms with Crippen molar-refractivity contribution in [2.45, 2.75) is 57.8 Å². The molecule has 0 bridgehead atoms. The molecule has 2 fully saturated rings. The number of nitrogens with two attached hydrogens (primary N) is 1. The van der Waals surface area contributed by atoms with Gasteiger partial charge in [-0.1, -0.05) is 0 Å². The summed E-state index contributed by atoms with van der Waals surface area (Å²) in [5.41, 5.74) is 7.48. The molecule has 3 rings (SSSR count). The Labute approximate surface area is 144 Å². The molecule has 134 valence electrons. The van der Waals surface area contributed by atoms with E-state index in [4.69, 9.17) is 10.5 Å². The highest BCUT2D eigenvalue weighted by Crippen LogP contribution is 2.27. The van der Waals surface area contributed by atoms with Crippen LogP contribution in [-0.2, 0) is 4.74 Å². The lowest BCUT2D eigenvalue weighted by Crippen LogP contribution is -2.45. The van der Waals surface area contributed by atoms with Crippen LogP contribution in [0.25, 0.3) is 0 Å². The maximum Gasteiger partial charge on any atom is 0.148 e. The minimum absolute atomic E-state index is 0.173. The molecule has 5 heteroatoms. The summed E-state index contributed by atoms with van der Waals surface area (Å²) < 4.78 is 20.2. The Bertz CT molecular complexity index is 535. The zero-order chi connectivity index (χ0) is 17.1. The van der Waals surface area contributed by atoms with Crippen molar-refractivity contribution in [1.82, 2.24) is 0 Å². The number of rotatable bonds is 4. The van der Waals surface area contributed by atoms with Gasteiger partial charge < -0.3 is 20.7 Å². The number of halogens is 1. The minimum atomic E-state index is -0.174. The van der Waals surface area contributed by atoms with Crippen LogP contribution in [0.4, 0.5) is 15.8 Å². The lowest BCUT2D eigenvalue weighted by atomic mass is 9.86. The monoisotopic (exact) mass is 335 g/mol. The standard InChI is InChI=1S/C19H30FN3O/c1-13-11-23(12-14(2)24-13)17-7-8-19(18(20)9-17)22-10-15-3-5-16(21)6-4-15/h7-9,13-16,22H,3-6,10-12,21H2,1-2H3/t13-,14+,15?,16?. The average Bonchev–Trinajstić information content (AvgIpc) is 2.54. The number of nitrogens with one attached hydrogen (secondary N) is 1. The molecule has 1 aromatic rings. The van der Waals surface area contributed by atoms with Crippen molar-refractivity contribution in [2.75, 3.05) is 29.9 Å². The predicted octanol–water partition coefficient (Wildman–Crippen LogP) is 3.37. The molecular weight excluding hydrogens is 305 g/mol. The third kappa shape index (κ3) is 4.39. The summed E-state index contributed by atoms with van der Waals surface area (Å²) in [5, 5.41) is 3.29. The van der Waals surface area contributed by atoms with Crippen molar-refractivity contribution < 1.29 is 9.13 Å². The van der Waals surface area contributed by atoms with Crippen LogP contribution in [0, 0.1) is 11.7 Å². The Morgan fingerprint density at radius 1 is 1.17 bits per heavy atom. The van der Waals surface area contributed by atoms with E-state index in [1.165, 1.54) is 0 Å². The first-order chi connectivity index (χ1) is 11.5. The van der Waals surface area contributed by atoms with Gasteiger partial charge in [0.2, 0.25) is 0 Å². The topological polar surface area (TPSA) is 50.5 Å². The summed E-state index contributed by atoms with van der Waals surface area (Å²) in [5.74, 6) is 0.427. The van der Waals surface area contributed by atoms with E-state index in [2.05, 4.69) is 24.1 Å². The van der Waals surface area contributed by atoms with Gasteiger partial charge in [-0.05, 0) is 63.6 Å². The molecule has 1 saturated heterocycles. The van der Waals surface area contributed by atoms with Gasteiger partial charge in [0.15, 0.2) is 0 Å². The maximum atomic E-state index is 14.5. The second-order valence-corrected chi connectivity index (χ2v) is 7.49. The van der Waals surface area contributed by atoms with Crippen molar-refractivity contribution in [1.29, 1.82) is 0 Å². The van der Waals surface area contributed by atoms with E-state index in [9.17, 15) is 4.39 Å². The highest BCUT2D eigenvalue weighted by molar-refractivity contribution is 5.56. The van der Waals surface area contributed by atoms with E-state index in [-0.39, 0.29) is 18.0 Å². The van der Waals surface area contributed by atoms with Crippen molar-refractivity contribution in [3.8, 4) is 0 Å². The van der Waals surface area contributed by atoms with Crippen molar-refractivity contribution in [2.24, 2.45) is 11.7 Å². The lowest BCUT2D eigenvalue weighted by Gasteiger charge is -2.37. The van der Waals surface area contributed by atoms with E-state index in [0.717, 1.165) is 51.0 Å². The molecule has 1 heterocycles. The first-order valence-corrected chi connectivity index (χ1v) is 9.20.